The van der Waals surface area contributed by atoms with Gasteiger partial charge in [-0.05, 0) is 11.7 Å². The van der Waals surface area contributed by atoms with Crippen LogP contribution >= 0.6 is 11.8 Å². The molecule has 0 fully saturated rings. The van der Waals surface area contributed by atoms with Crippen LogP contribution in [0.1, 0.15) is 32.6 Å². The quantitative estimate of drug-likeness (QED) is 0.747. The summed E-state index contributed by atoms with van der Waals surface area (Å²) in [6.45, 7) is 5.87. The van der Waals surface area contributed by atoms with Gasteiger partial charge in [-0.25, -0.2) is 4.98 Å². The van der Waals surface area contributed by atoms with Crippen LogP contribution in [0.15, 0.2) is 15.8 Å². The molecule has 1 unspecified atom stereocenters. The SMILES string of the molecule is CSc1ncc(C(O)C(C)(C)C)o1. The third-order valence-corrected chi connectivity index (χ3v) is 2.30. The highest BCUT2D eigenvalue weighted by Gasteiger charge is 2.27. The van der Waals surface area contributed by atoms with Gasteiger partial charge in [-0.2, -0.15) is 0 Å². The minimum absolute atomic E-state index is 0.213. The lowest BCUT2D eigenvalue weighted by Crippen LogP contribution is -2.17. The number of aromatic nitrogens is 1. The highest BCUT2D eigenvalue weighted by Crippen LogP contribution is 2.33. The van der Waals surface area contributed by atoms with E-state index >= 15 is 0 Å². The van der Waals surface area contributed by atoms with E-state index in [0.29, 0.717) is 11.0 Å². The lowest BCUT2D eigenvalue weighted by molar-refractivity contribution is 0.0405. The second kappa shape index (κ2) is 3.72. The summed E-state index contributed by atoms with van der Waals surface area (Å²) in [7, 11) is 0. The van der Waals surface area contributed by atoms with Crippen LogP contribution in [0.4, 0.5) is 0 Å². The summed E-state index contributed by atoms with van der Waals surface area (Å²) in [5, 5.41) is 10.4. The first kappa shape index (κ1) is 10.6. The first-order valence-electron chi connectivity index (χ1n) is 4.13. The number of thioether (sulfide) groups is 1. The molecule has 1 atom stereocenters. The Balaban J connectivity index is 2.83. The predicted molar refractivity (Wildman–Crippen MR) is 52.7 cm³/mol. The van der Waals surface area contributed by atoms with Gasteiger partial charge in [0.05, 0.1) is 6.20 Å². The van der Waals surface area contributed by atoms with Gasteiger partial charge in [0, 0.05) is 0 Å². The van der Waals surface area contributed by atoms with Crippen molar-refractivity contribution in [2.24, 2.45) is 5.41 Å². The molecule has 4 heteroatoms. The van der Waals surface area contributed by atoms with Gasteiger partial charge in [-0.15, -0.1) is 0 Å². The smallest absolute Gasteiger partial charge is 0.255 e. The molecule has 1 aromatic heterocycles. The molecule has 1 rings (SSSR count). The summed E-state index contributed by atoms with van der Waals surface area (Å²) in [6, 6.07) is 0. The zero-order valence-corrected chi connectivity index (χ0v) is 9.18. The fourth-order valence-electron chi connectivity index (χ4n) is 0.917. The Morgan fingerprint density at radius 1 is 1.54 bits per heavy atom. The van der Waals surface area contributed by atoms with E-state index < -0.39 is 6.10 Å². The number of rotatable bonds is 2. The standard InChI is InChI=1S/C9H15NO2S/c1-9(2,3)7(11)6-5-10-8(12-6)13-4/h5,7,11H,1-4H3. The van der Waals surface area contributed by atoms with Crippen molar-refractivity contribution in [3.63, 3.8) is 0 Å². The maximum absolute atomic E-state index is 9.82. The number of hydrogen-bond acceptors (Lipinski definition) is 4. The molecule has 0 aromatic carbocycles. The van der Waals surface area contributed by atoms with Gasteiger partial charge in [0.2, 0.25) is 0 Å². The summed E-state index contributed by atoms with van der Waals surface area (Å²) < 4.78 is 5.32. The number of aliphatic hydroxyl groups is 1. The zero-order chi connectivity index (χ0) is 10.1. The van der Waals surface area contributed by atoms with Crippen molar-refractivity contribution in [2.45, 2.75) is 32.1 Å². The highest BCUT2D eigenvalue weighted by atomic mass is 32.2. The van der Waals surface area contributed by atoms with E-state index in [1.807, 2.05) is 27.0 Å². The van der Waals surface area contributed by atoms with Gasteiger partial charge < -0.3 is 9.52 Å². The second-order valence-corrected chi connectivity index (χ2v) is 4.76. The monoisotopic (exact) mass is 201 g/mol. The van der Waals surface area contributed by atoms with Gasteiger partial charge in [-0.3, -0.25) is 0 Å². The number of aliphatic hydroxyl groups excluding tert-OH is 1. The van der Waals surface area contributed by atoms with Gasteiger partial charge in [0.1, 0.15) is 6.10 Å². The maximum atomic E-state index is 9.82. The van der Waals surface area contributed by atoms with E-state index in [0.717, 1.165) is 0 Å². The fourth-order valence-corrected chi connectivity index (χ4v) is 1.26. The minimum Gasteiger partial charge on any atom is -0.434 e. The Labute approximate surface area is 82.6 Å². The van der Waals surface area contributed by atoms with E-state index in [9.17, 15) is 5.11 Å². The van der Waals surface area contributed by atoms with Crippen LogP contribution in [-0.4, -0.2) is 16.3 Å². The van der Waals surface area contributed by atoms with Crippen molar-refractivity contribution in [3.05, 3.63) is 12.0 Å². The Morgan fingerprint density at radius 3 is 2.54 bits per heavy atom. The summed E-state index contributed by atoms with van der Waals surface area (Å²) in [5.41, 5.74) is -0.213. The lowest BCUT2D eigenvalue weighted by Gasteiger charge is -2.23. The van der Waals surface area contributed by atoms with Crippen LogP contribution in [0, 0.1) is 5.41 Å². The number of hydrogen-bond donors (Lipinski definition) is 1. The molecule has 13 heavy (non-hydrogen) atoms. The van der Waals surface area contributed by atoms with Crippen LogP contribution < -0.4 is 0 Å². The van der Waals surface area contributed by atoms with E-state index in [2.05, 4.69) is 4.98 Å². The van der Waals surface area contributed by atoms with Gasteiger partial charge in [0.15, 0.2) is 5.76 Å². The summed E-state index contributed by atoms with van der Waals surface area (Å²) in [6.07, 6.45) is 2.88. The summed E-state index contributed by atoms with van der Waals surface area (Å²) in [4.78, 5) is 4.01. The summed E-state index contributed by atoms with van der Waals surface area (Å²) >= 11 is 1.43. The fraction of sp³-hybridized carbons (Fsp3) is 0.667. The number of oxazole rings is 1. The lowest BCUT2D eigenvalue weighted by atomic mass is 9.88. The van der Waals surface area contributed by atoms with E-state index in [4.69, 9.17) is 4.42 Å². The van der Waals surface area contributed by atoms with Crippen molar-refractivity contribution < 1.29 is 9.52 Å². The molecular formula is C9H15NO2S. The largest absolute Gasteiger partial charge is 0.434 e. The van der Waals surface area contributed by atoms with Crippen LogP contribution in [0.25, 0.3) is 0 Å². The molecule has 0 saturated heterocycles. The first-order chi connectivity index (χ1) is 5.95. The minimum atomic E-state index is -0.596. The molecule has 0 aliphatic heterocycles. The van der Waals surface area contributed by atoms with Gasteiger partial charge in [-0.1, -0.05) is 32.5 Å². The molecule has 3 nitrogen and oxygen atoms in total. The van der Waals surface area contributed by atoms with Crippen LogP contribution in [-0.2, 0) is 0 Å². The molecule has 1 heterocycles. The Bertz CT molecular complexity index is 277. The van der Waals surface area contributed by atoms with E-state index in [1.165, 1.54) is 11.8 Å². The average molecular weight is 201 g/mol. The van der Waals surface area contributed by atoms with Crippen molar-refractivity contribution in [1.82, 2.24) is 4.98 Å². The average Bonchev–Trinajstić information content (AvgIpc) is 2.48. The molecule has 0 aliphatic rings. The van der Waals surface area contributed by atoms with Crippen LogP contribution in [0.3, 0.4) is 0 Å². The second-order valence-electron chi connectivity index (χ2n) is 4.00. The Kier molecular flexibility index (Phi) is 3.03. The van der Waals surface area contributed by atoms with Crippen LogP contribution in [0.5, 0.6) is 0 Å². The van der Waals surface area contributed by atoms with Crippen LogP contribution in [0.2, 0.25) is 0 Å². The van der Waals surface area contributed by atoms with Gasteiger partial charge in [0.25, 0.3) is 5.22 Å². The van der Waals surface area contributed by atoms with Crippen molar-refractivity contribution in [3.8, 4) is 0 Å². The molecule has 0 saturated carbocycles. The first-order valence-corrected chi connectivity index (χ1v) is 5.35. The van der Waals surface area contributed by atoms with E-state index in [1.54, 1.807) is 6.20 Å². The molecule has 1 aromatic rings. The topological polar surface area (TPSA) is 46.3 Å². The molecule has 74 valence electrons. The molecule has 1 N–H and O–H groups in total. The molecule has 0 aliphatic carbocycles. The zero-order valence-electron chi connectivity index (χ0n) is 8.37. The van der Waals surface area contributed by atoms with E-state index in [-0.39, 0.29) is 5.41 Å². The molecule has 0 spiro atoms. The third-order valence-electron chi connectivity index (χ3n) is 1.77. The molecule has 0 radical (unpaired) electrons. The molecular weight excluding hydrogens is 186 g/mol. The third kappa shape index (κ3) is 2.48. The van der Waals surface area contributed by atoms with Gasteiger partial charge >= 0.3 is 0 Å². The maximum Gasteiger partial charge on any atom is 0.255 e. The van der Waals surface area contributed by atoms with Crippen molar-refractivity contribution >= 4 is 11.8 Å². The Hall–Kier alpha value is -0.480. The summed E-state index contributed by atoms with van der Waals surface area (Å²) in [5.74, 6) is 0.539. The number of nitrogens with zero attached hydrogens (tertiary/aromatic N) is 1. The predicted octanol–water partition coefficient (Wildman–Crippen LogP) is 2.48. The van der Waals surface area contributed by atoms with Crippen molar-refractivity contribution in [2.75, 3.05) is 6.26 Å². The molecule has 0 amide bonds. The van der Waals surface area contributed by atoms with Crippen molar-refractivity contribution in [1.29, 1.82) is 0 Å². The normalized spacial score (nSPS) is 14.5. The Morgan fingerprint density at radius 2 is 2.15 bits per heavy atom. The highest BCUT2D eigenvalue weighted by molar-refractivity contribution is 7.98. The molecule has 0 bridgehead atoms.